The zero-order chi connectivity index (χ0) is 21.1. The van der Waals surface area contributed by atoms with Crippen molar-refractivity contribution in [3.05, 3.63) is 71.2 Å². The highest BCUT2D eigenvalue weighted by Gasteiger charge is 2.34. The van der Waals surface area contributed by atoms with E-state index in [-0.39, 0.29) is 43.2 Å². The van der Waals surface area contributed by atoms with Gasteiger partial charge in [-0.1, -0.05) is 12.1 Å². The third kappa shape index (κ3) is 3.96. The van der Waals surface area contributed by atoms with Crippen LogP contribution in [0.25, 0.3) is 10.9 Å². The summed E-state index contributed by atoms with van der Waals surface area (Å²) in [5.74, 6) is -1.29. The van der Waals surface area contributed by atoms with E-state index in [1.807, 2.05) is 6.20 Å². The van der Waals surface area contributed by atoms with E-state index in [1.54, 1.807) is 30.3 Å². The molecule has 1 aliphatic rings. The van der Waals surface area contributed by atoms with Gasteiger partial charge in [0, 0.05) is 30.1 Å². The number of aromatic nitrogens is 1. The van der Waals surface area contributed by atoms with Crippen LogP contribution >= 0.6 is 0 Å². The number of esters is 1. The van der Waals surface area contributed by atoms with Crippen LogP contribution in [0.5, 0.6) is 0 Å². The molecule has 1 aromatic heterocycles. The predicted molar refractivity (Wildman–Crippen MR) is 109 cm³/mol. The second kappa shape index (κ2) is 8.49. The average molecular weight is 408 g/mol. The highest BCUT2D eigenvalue weighted by molar-refractivity contribution is 6.21. The van der Waals surface area contributed by atoms with E-state index in [9.17, 15) is 18.8 Å². The van der Waals surface area contributed by atoms with Crippen LogP contribution in [0.2, 0.25) is 0 Å². The van der Waals surface area contributed by atoms with E-state index in [0.717, 1.165) is 16.5 Å². The number of carbonyl (C=O) groups is 3. The molecule has 0 radical (unpaired) electrons. The Morgan fingerprint density at radius 2 is 1.77 bits per heavy atom. The van der Waals surface area contributed by atoms with Gasteiger partial charge in [0.2, 0.25) is 0 Å². The first-order chi connectivity index (χ1) is 14.5. The fourth-order valence-electron chi connectivity index (χ4n) is 3.70. The second-order valence-electron chi connectivity index (χ2n) is 7.24. The minimum absolute atomic E-state index is 0.131. The molecule has 0 fully saturated rings. The Morgan fingerprint density at radius 3 is 2.50 bits per heavy atom. The zero-order valence-electron chi connectivity index (χ0n) is 16.3. The minimum Gasteiger partial charge on any atom is -0.466 e. The SMILES string of the molecule is O=C(CCCN1C(=O)c2ccccc2C1=O)OCCCc1c[nH]c2ccc(F)cc12. The molecular weight excluding hydrogens is 387 g/mol. The number of hydrogen-bond acceptors (Lipinski definition) is 4. The van der Waals surface area contributed by atoms with E-state index >= 15 is 0 Å². The van der Waals surface area contributed by atoms with Gasteiger partial charge in [0.25, 0.3) is 11.8 Å². The number of nitrogens with one attached hydrogen (secondary N) is 1. The maximum absolute atomic E-state index is 13.4. The molecule has 0 atom stereocenters. The van der Waals surface area contributed by atoms with E-state index in [4.69, 9.17) is 4.74 Å². The zero-order valence-corrected chi connectivity index (χ0v) is 16.3. The van der Waals surface area contributed by atoms with Crippen LogP contribution in [0.4, 0.5) is 4.39 Å². The van der Waals surface area contributed by atoms with E-state index in [1.165, 1.54) is 17.0 Å². The van der Waals surface area contributed by atoms with Crippen LogP contribution in [0.15, 0.2) is 48.7 Å². The standard InChI is InChI=1S/C23H21FN2O4/c24-16-9-10-20-19(13-16)15(14-25-20)5-4-12-30-21(27)8-3-11-26-22(28)17-6-1-2-7-18(17)23(26)29/h1-2,6-7,9-10,13-14,25H,3-5,8,11-12H2. The number of rotatable bonds is 8. The lowest BCUT2D eigenvalue weighted by Gasteiger charge is -2.13. The summed E-state index contributed by atoms with van der Waals surface area (Å²) in [5, 5.41) is 0.835. The summed E-state index contributed by atoms with van der Waals surface area (Å²) >= 11 is 0. The predicted octanol–water partition coefficient (Wildman–Crippen LogP) is 3.86. The third-order valence-electron chi connectivity index (χ3n) is 5.22. The van der Waals surface area contributed by atoms with Gasteiger partial charge in [0.05, 0.1) is 17.7 Å². The smallest absolute Gasteiger partial charge is 0.305 e. The fourth-order valence-corrected chi connectivity index (χ4v) is 3.70. The number of fused-ring (bicyclic) bond motifs is 2. The lowest BCUT2D eigenvalue weighted by molar-refractivity contribution is -0.143. The molecule has 1 aliphatic heterocycles. The molecule has 0 saturated heterocycles. The number of amides is 2. The first kappa shape index (κ1) is 19.8. The van der Waals surface area contributed by atoms with Crippen molar-refractivity contribution in [1.29, 1.82) is 0 Å². The van der Waals surface area contributed by atoms with Crippen molar-refractivity contribution in [1.82, 2.24) is 9.88 Å². The van der Waals surface area contributed by atoms with Gasteiger partial charge in [-0.05, 0) is 55.2 Å². The lowest BCUT2D eigenvalue weighted by Crippen LogP contribution is -2.31. The van der Waals surface area contributed by atoms with Gasteiger partial charge in [-0.2, -0.15) is 0 Å². The van der Waals surface area contributed by atoms with E-state index in [2.05, 4.69) is 4.98 Å². The molecule has 3 aromatic rings. The number of aromatic amines is 1. The number of halogens is 1. The molecule has 0 spiro atoms. The molecule has 6 nitrogen and oxygen atoms in total. The molecule has 0 aliphatic carbocycles. The monoisotopic (exact) mass is 408 g/mol. The Kier molecular flexibility index (Phi) is 5.61. The van der Waals surface area contributed by atoms with Crippen LogP contribution in [0, 0.1) is 5.82 Å². The maximum atomic E-state index is 13.4. The first-order valence-corrected chi connectivity index (χ1v) is 9.91. The molecule has 0 unspecified atom stereocenters. The van der Waals surface area contributed by atoms with E-state index in [0.29, 0.717) is 30.4 Å². The van der Waals surface area contributed by atoms with Crippen molar-refractivity contribution >= 4 is 28.7 Å². The highest BCUT2D eigenvalue weighted by Crippen LogP contribution is 2.23. The van der Waals surface area contributed by atoms with Crippen LogP contribution in [-0.4, -0.2) is 40.8 Å². The number of H-pyrrole nitrogens is 1. The second-order valence-corrected chi connectivity index (χ2v) is 7.24. The average Bonchev–Trinajstić information content (AvgIpc) is 3.25. The Hall–Kier alpha value is -3.48. The summed E-state index contributed by atoms with van der Waals surface area (Å²) in [6.07, 6.45) is 3.60. The van der Waals surface area contributed by atoms with E-state index < -0.39 is 0 Å². The Labute approximate surface area is 172 Å². The van der Waals surface area contributed by atoms with Gasteiger partial charge >= 0.3 is 5.97 Å². The number of hydrogen-bond donors (Lipinski definition) is 1. The molecule has 0 saturated carbocycles. The fraction of sp³-hybridized carbons (Fsp3) is 0.261. The van der Waals surface area contributed by atoms with Gasteiger partial charge in [0.1, 0.15) is 5.82 Å². The Balaban J connectivity index is 1.18. The molecule has 2 aromatic carbocycles. The Bertz CT molecular complexity index is 1090. The molecule has 30 heavy (non-hydrogen) atoms. The normalized spacial score (nSPS) is 13.2. The largest absolute Gasteiger partial charge is 0.466 e. The van der Waals surface area contributed by atoms with Crippen molar-refractivity contribution in [2.75, 3.05) is 13.2 Å². The molecule has 2 amide bonds. The van der Waals surface area contributed by atoms with Crippen LogP contribution in [0.3, 0.4) is 0 Å². The van der Waals surface area contributed by atoms with Gasteiger partial charge in [0.15, 0.2) is 0 Å². The first-order valence-electron chi connectivity index (χ1n) is 9.91. The Morgan fingerprint density at radius 1 is 1.03 bits per heavy atom. The number of carbonyl (C=O) groups excluding carboxylic acids is 3. The summed E-state index contributed by atoms with van der Waals surface area (Å²) in [6, 6.07) is 11.3. The minimum atomic E-state index is -0.364. The summed E-state index contributed by atoms with van der Waals surface area (Å²) in [7, 11) is 0. The van der Waals surface area contributed by atoms with Crippen molar-refractivity contribution < 1.29 is 23.5 Å². The van der Waals surface area contributed by atoms with Gasteiger partial charge in [-0.15, -0.1) is 0 Å². The highest BCUT2D eigenvalue weighted by atomic mass is 19.1. The number of benzene rings is 2. The van der Waals surface area contributed by atoms with Gasteiger partial charge in [-0.25, -0.2) is 4.39 Å². The van der Waals surface area contributed by atoms with Crippen LogP contribution in [0.1, 0.15) is 45.5 Å². The molecule has 2 heterocycles. The quantitative estimate of drug-likeness (QED) is 0.349. The molecule has 1 N–H and O–H groups in total. The van der Waals surface area contributed by atoms with Crippen molar-refractivity contribution in [2.24, 2.45) is 0 Å². The summed E-state index contributed by atoms with van der Waals surface area (Å²) < 4.78 is 18.7. The maximum Gasteiger partial charge on any atom is 0.305 e. The number of imide groups is 1. The van der Waals surface area contributed by atoms with Gasteiger partial charge < -0.3 is 9.72 Å². The summed E-state index contributed by atoms with van der Waals surface area (Å²) in [5.41, 5.74) is 2.66. The number of aryl methyl sites for hydroxylation is 1. The van der Waals surface area contributed by atoms with Crippen molar-refractivity contribution in [3.8, 4) is 0 Å². The molecule has 4 rings (SSSR count). The van der Waals surface area contributed by atoms with Gasteiger partial charge in [-0.3, -0.25) is 19.3 Å². The topological polar surface area (TPSA) is 79.5 Å². The summed E-state index contributed by atoms with van der Waals surface area (Å²) in [4.78, 5) is 40.8. The van der Waals surface area contributed by atoms with Crippen molar-refractivity contribution in [2.45, 2.75) is 25.7 Å². The molecule has 0 bridgehead atoms. The number of ether oxygens (including phenoxy) is 1. The molecule has 7 heteroatoms. The summed E-state index contributed by atoms with van der Waals surface area (Å²) in [6.45, 7) is 0.441. The number of nitrogens with zero attached hydrogens (tertiary/aromatic N) is 1. The van der Waals surface area contributed by atoms with Crippen molar-refractivity contribution in [3.63, 3.8) is 0 Å². The van der Waals surface area contributed by atoms with Crippen LogP contribution < -0.4 is 0 Å². The molecular formula is C23H21FN2O4. The third-order valence-corrected chi connectivity index (χ3v) is 5.22. The lowest BCUT2D eigenvalue weighted by atomic mass is 10.1. The molecule has 154 valence electrons. The van der Waals surface area contributed by atoms with Crippen LogP contribution in [-0.2, 0) is 16.0 Å².